The van der Waals surface area contributed by atoms with Crippen LogP contribution in [0.2, 0.25) is 0 Å². The Morgan fingerprint density at radius 1 is 1.14 bits per heavy atom. The van der Waals surface area contributed by atoms with Gasteiger partial charge in [0.1, 0.15) is 25.4 Å². The van der Waals surface area contributed by atoms with E-state index in [1.54, 1.807) is 18.3 Å². The number of nitrogens with one attached hydrogen (secondary N) is 2. The summed E-state index contributed by atoms with van der Waals surface area (Å²) < 4.78 is 11.6. The van der Waals surface area contributed by atoms with Crippen molar-refractivity contribution in [3.8, 4) is 29.0 Å². The largest absolute Gasteiger partial charge is 0.484 e. The van der Waals surface area contributed by atoms with Gasteiger partial charge in [-0.3, -0.25) is 4.79 Å². The predicted molar refractivity (Wildman–Crippen MR) is 131 cm³/mol. The van der Waals surface area contributed by atoms with Crippen molar-refractivity contribution in [3.63, 3.8) is 0 Å². The summed E-state index contributed by atoms with van der Waals surface area (Å²) in [5, 5.41) is 14.8. The molecule has 0 spiro atoms. The monoisotopic (exact) mass is 472 g/mol. The smallest absolute Gasteiger partial charge is 0.257 e. The Bertz CT molecular complexity index is 1220. The fourth-order valence-electron chi connectivity index (χ4n) is 3.86. The van der Waals surface area contributed by atoms with Gasteiger partial charge >= 0.3 is 0 Å². The molecule has 3 heterocycles. The fourth-order valence-corrected chi connectivity index (χ4v) is 3.86. The minimum absolute atomic E-state index is 0.205. The van der Waals surface area contributed by atoms with Crippen LogP contribution in [-0.4, -0.2) is 47.2 Å². The second kappa shape index (κ2) is 10.8. The molecular formula is C26H28N6O3. The Balaban J connectivity index is 1.47. The number of rotatable bonds is 9. The number of anilines is 1. The van der Waals surface area contributed by atoms with Crippen LogP contribution in [0.3, 0.4) is 0 Å². The second-order valence-corrected chi connectivity index (χ2v) is 8.49. The van der Waals surface area contributed by atoms with E-state index in [-0.39, 0.29) is 17.7 Å². The van der Waals surface area contributed by atoms with Gasteiger partial charge in [-0.2, -0.15) is 5.26 Å². The quantitative estimate of drug-likeness (QED) is 0.452. The standard InChI is InChI=1S/C26H28N6O3/c1-3-26(2,20-9-12-29-25-23(20)34-13-14-35-25)16-30-22-15-21(31-17-32-22)18-5-7-19(8-6-18)24(33)28-11-4-10-27/h5-9,12,15,17H,3-4,11,13-14,16H2,1-2H3,(H,28,33)(H,30,31,32). The third-order valence-corrected chi connectivity index (χ3v) is 6.16. The molecule has 3 aromatic rings. The zero-order chi connectivity index (χ0) is 24.7. The van der Waals surface area contributed by atoms with Gasteiger partial charge < -0.3 is 20.1 Å². The molecule has 0 aliphatic carbocycles. The number of amides is 1. The minimum atomic E-state index is -0.237. The summed E-state index contributed by atoms with van der Waals surface area (Å²) in [6, 6.07) is 13.1. The van der Waals surface area contributed by atoms with Gasteiger partial charge in [-0.25, -0.2) is 15.0 Å². The Hall–Kier alpha value is -4.19. The van der Waals surface area contributed by atoms with E-state index in [2.05, 4.69) is 39.4 Å². The number of carbonyl (C=O) groups excluding carboxylic acids is 1. The van der Waals surface area contributed by atoms with E-state index in [0.29, 0.717) is 49.3 Å². The Kier molecular flexibility index (Phi) is 7.41. The van der Waals surface area contributed by atoms with Crippen LogP contribution in [0.5, 0.6) is 11.6 Å². The maximum absolute atomic E-state index is 12.2. The van der Waals surface area contributed by atoms with Crippen LogP contribution in [0, 0.1) is 11.3 Å². The molecule has 0 bridgehead atoms. The summed E-state index contributed by atoms with van der Waals surface area (Å²) >= 11 is 0. The van der Waals surface area contributed by atoms with Crippen LogP contribution in [-0.2, 0) is 5.41 Å². The average Bonchev–Trinajstić information content (AvgIpc) is 2.92. The molecular weight excluding hydrogens is 444 g/mol. The van der Waals surface area contributed by atoms with E-state index in [4.69, 9.17) is 14.7 Å². The van der Waals surface area contributed by atoms with E-state index >= 15 is 0 Å². The molecule has 1 amide bonds. The summed E-state index contributed by atoms with van der Waals surface area (Å²) in [7, 11) is 0. The van der Waals surface area contributed by atoms with Crippen molar-refractivity contribution in [2.75, 3.05) is 31.6 Å². The molecule has 35 heavy (non-hydrogen) atoms. The first-order valence-electron chi connectivity index (χ1n) is 11.6. The van der Waals surface area contributed by atoms with Crippen molar-refractivity contribution >= 4 is 11.7 Å². The number of ether oxygens (including phenoxy) is 2. The lowest BCUT2D eigenvalue weighted by atomic mass is 9.79. The molecule has 0 radical (unpaired) electrons. The van der Waals surface area contributed by atoms with Gasteiger partial charge in [-0.15, -0.1) is 0 Å². The van der Waals surface area contributed by atoms with Gasteiger partial charge in [0.2, 0.25) is 0 Å². The third-order valence-electron chi connectivity index (χ3n) is 6.16. The van der Waals surface area contributed by atoms with Crippen LogP contribution in [0.25, 0.3) is 11.3 Å². The molecule has 2 aromatic heterocycles. The zero-order valence-corrected chi connectivity index (χ0v) is 19.9. The second-order valence-electron chi connectivity index (χ2n) is 8.49. The molecule has 1 atom stereocenters. The lowest BCUT2D eigenvalue weighted by Crippen LogP contribution is -2.32. The van der Waals surface area contributed by atoms with Crippen LogP contribution < -0.4 is 20.1 Å². The Morgan fingerprint density at radius 3 is 2.71 bits per heavy atom. The summed E-state index contributed by atoms with van der Waals surface area (Å²) in [6.45, 7) is 6.28. The molecule has 4 rings (SSSR count). The number of hydrogen-bond donors (Lipinski definition) is 2. The molecule has 1 unspecified atom stereocenters. The number of nitrogens with zero attached hydrogens (tertiary/aromatic N) is 4. The van der Waals surface area contributed by atoms with Crippen LogP contribution in [0.1, 0.15) is 42.6 Å². The summed E-state index contributed by atoms with van der Waals surface area (Å²) in [5.74, 6) is 1.75. The number of hydrogen-bond acceptors (Lipinski definition) is 8. The molecule has 0 saturated heterocycles. The number of aromatic nitrogens is 3. The Morgan fingerprint density at radius 2 is 1.94 bits per heavy atom. The van der Waals surface area contributed by atoms with Crippen molar-refractivity contribution in [2.24, 2.45) is 0 Å². The zero-order valence-electron chi connectivity index (χ0n) is 19.9. The highest BCUT2D eigenvalue weighted by Crippen LogP contribution is 2.40. The van der Waals surface area contributed by atoms with Gasteiger partial charge in [0.15, 0.2) is 5.75 Å². The predicted octanol–water partition coefficient (Wildman–Crippen LogP) is 3.73. The van der Waals surface area contributed by atoms with Crippen molar-refractivity contribution in [2.45, 2.75) is 32.1 Å². The van der Waals surface area contributed by atoms with E-state index in [0.717, 1.165) is 23.2 Å². The number of fused-ring (bicyclic) bond motifs is 1. The highest BCUT2D eigenvalue weighted by Gasteiger charge is 2.31. The molecule has 0 saturated carbocycles. The summed E-state index contributed by atoms with van der Waals surface area (Å²) in [6.07, 6.45) is 4.43. The molecule has 1 aliphatic rings. The highest BCUT2D eigenvalue weighted by atomic mass is 16.6. The first kappa shape index (κ1) is 24.0. The van der Waals surface area contributed by atoms with Crippen LogP contribution in [0.4, 0.5) is 5.82 Å². The van der Waals surface area contributed by atoms with E-state index in [1.807, 2.05) is 30.3 Å². The number of benzene rings is 1. The van der Waals surface area contributed by atoms with Crippen LogP contribution in [0.15, 0.2) is 48.9 Å². The van der Waals surface area contributed by atoms with Crippen molar-refractivity contribution in [3.05, 3.63) is 60.0 Å². The molecule has 1 aromatic carbocycles. The highest BCUT2D eigenvalue weighted by molar-refractivity contribution is 5.94. The van der Waals surface area contributed by atoms with Crippen LogP contribution >= 0.6 is 0 Å². The van der Waals surface area contributed by atoms with Gasteiger partial charge in [0.25, 0.3) is 11.8 Å². The number of pyridine rings is 1. The molecule has 9 nitrogen and oxygen atoms in total. The minimum Gasteiger partial charge on any atom is -0.484 e. The van der Waals surface area contributed by atoms with Crippen molar-refractivity contribution < 1.29 is 14.3 Å². The van der Waals surface area contributed by atoms with Gasteiger partial charge in [0.05, 0.1) is 18.2 Å². The summed E-state index contributed by atoms with van der Waals surface area (Å²) in [4.78, 5) is 25.2. The first-order chi connectivity index (χ1) is 17.0. The average molecular weight is 473 g/mol. The number of nitriles is 1. The lowest BCUT2D eigenvalue weighted by Gasteiger charge is -2.32. The molecule has 0 fully saturated rings. The topological polar surface area (TPSA) is 122 Å². The first-order valence-corrected chi connectivity index (χ1v) is 11.6. The SMILES string of the molecule is CCC(C)(CNc1cc(-c2ccc(C(=O)NCCC#N)cc2)ncn1)c1ccnc2c1OCCO2. The molecule has 1 aliphatic heterocycles. The van der Waals surface area contributed by atoms with Gasteiger partial charge in [-0.1, -0.05) is 26.0 Å². The molecule has 2 N–H and O–H groups in total. The Labute approximate surface area is 204 Å². The third kappa shape index (κ3) is 5.49. The van der Waals surface area contributed by atoms with Crippen molar-refractivity contribution in [1.29, 1.82) is 5.26 Å². The molecule has 9 heteroatoms. The molecule has 180 valence electrons. The van der Waals surface area contributed by atoms with E-state index < -0.39 is 0 Å². The normalized spacial score (nSPS) is 13.9. The maximum Gasteiger partial charge on any atom is 0.257 e. The summed E-state index contributed by atoms with van der Waals surface area (Å²) in [5.41, 5.74) is 2.96. The van der Waals surface area contributed by atoms with Crippen molar-refractivity contribution in [1.82, 2.24) is 20.3 Å². The van der Waals surface area contributed by atoms with E-state index in [1.165, 1.54) is 6.33 Å². The number of carbonyl (C=O) groups is 1. The van der Waals surface area contributed by atoms with Gasteiger partial charge in [-0.05, 0) is 24.6 Å². The van der Waals surface area contributed by atoms with Gasteiger partial charge in [0, 0.05) is 47.5 Å². The maximum atomic E-state index is 12.2. The fraction of sp³-hybridized carbons (Fsp3) is 0.346. The van der Waals surface area contributed by atoms with E-state index in [9.17, 15) is 4.79 Å². The lowest BCUT2D eigenvalue weighted by molar-refractivity contribution is 0.0954.